The van der Waals surface area contributed by atoms with Gasteiger partial charge in [-0.25, -0.2) is 0 Å². The van der Waals surface area contributed by atoms with Gasteiger partial charge in [-0.1, -0.05) is 45.9 Å². The zero-order chi connectivity index (χ0) is 17.8. The fourth-order valence-corrected chi connectivity index (χ4v) is 1.68. The second-order valence-corrected chi connectivity index (χ2v) is 3.84. The van der Waals surface area contributed by atoms with Gasteiger partial charge in [0.15, 0.2) is 0 Å². The smallest absolute Gasteiger partial charge is 0.0596 e. The normalized spacial score (nSPS) is 11.5. The van der Waals surface area contributed by atoms with Crippen LogP contribution in [-0.4, -0.2) is 16.8 Å². The molecule has 3 heteroatoms. The van der Waals surface area contributed by atoms with Gasteiger partial charge >= 0.3 is 0 Å². The maximum atomic E-state index is 9.72. The molecule has 0 spiro atoms. The minimum atomic E-state index is -1.44. The first kappa shape index (κ1) is 21.9. The second-order valence-electron chi connectivity index (χ2n) is 3.84. The van der Waals surface area contributed by atoms with E-state index in [1.54, 1.807) is 36.4 Å². The van der Waals surface area contributed by atoms with Crippen LogP contribution in [0.3, 0.4) is 0 Å². The van der Waals surface area contributed by atoms with Crippen molar-refractivity contribution in [2.45, 2.75) is 27.7 Å². The van der Waals surface area contributed by atoms with Crippen LogP contribution in [0.5, 0.6) is 5.75 Å². The van der Waals surface area contributed by atoms with Crippen LogP contribution in [0, 0.1) is 13.0 Å². The summed E-state index contributed by atoms with van der Waals surface area (Å²) in [5, 5.41) is 19.3. The number of phenolic OH excluding ortho intramolecular Hbond substituents is 1. The Morgan fingerprint density at radius 3 is 2.09 bits per heavy atom. The van der Waals surface area contributed by atoms with Crippen molar-refractivity contribution in [1.29, 1.82) is 0 Å². The quantitative estimate of drug-likeness (QED) is 0.582. The van der Waals surface area contributed by atoms with Gasteiger partial charge < -0.3 is 10.2 Å². The summed E-state index contributed by atoms with van der Waals surface area (Å²) >= 11 is 0. The molecule has 0 saturated carbocycles. The van der Waals surface area contributed by atoms with E-state index in [0.29, 0.717) is 16.7 Å². The Kier molecular flexibility index (Phi) is 13.8. The third-order valence-corrected chi connectivity index (χ3v) is 2.61. The third-order valence-electron chi connectivity index (χ3n) is 2.61. The molecule has 2 nitrogen and oxygen atoms in total. The Balaban J connectivity index is 0. The fraction of sp³-hybridized carbons (Fsp3) is 0.250. The van der Waals surface area contributed by atoms with Crippen LogP contribution < -0.4 is 0 Å². The van der Waals surface area contributed by atoms with E-state index in [-0.39, 0.29) is 44.0 Å². The number of rotatable bonds is 3. The number of aromatic hydroxyl groups is 1. The molecular weight excluding hydrogens is 361 g/mol. The van der Waals surface area contributed by atoms with Gasteiger partial charge in [0.25, 0.3) is 0 Å². The first-order chi connectivity index (χ1) is 11.1. The van der Waals surface area contributed by atoms with E-state index in [1.165, 1.54) is 6.07 Å². The number of hydrogen-bond donors (Lipinski definition) is 2. The van der Waals surface area contributed by atoms with Crippen LogP contribution >= 0.6 is 0 Å². The van der Waals surface area contributed by atoms with Gasteiger partial charge in [-0.3, -0.25) is 0 Å². The van der Waals surface area contributed by atoms with Crippen LogP contribution in [0.15, 0.2) is 48.5 Å². The first-order valence-electron chi connectivity index (χ1n) is 8.11. The standard InChI is InChI=1S/C16H14O2.2C2H6.Y/c1-12-6-2-4-8-15(12)14(11-17)10-13-7-3-5-9-16(13)18;2*1-2;/h2-9,17-18H,1,11H2;2*1-2H3;/q-2;;;/i11T;;;. The zero-order valence-corrected chi connectivity index (χ0v) is 17.2. The van der Waals surface area contributed by atoms with Crippen LogP contribution in [0.1, 0.15) is 45.8 Å². The van der Waals surface area contributed by atoms with Crippen molar-refractivity contribution in [3.05, 3.63) is 78.2 Å². The van der Waals surface area contributed by atoms with Crippen LogP contribution in [-0.2, 0) is 32.7 Å². The average Bonchev–Trinajstić information content (AvgIpc) is 2.58. The molecule has 0 amide bonds. The molecule has 0 fully saturated rings. The van der Waals surface area contributed by atoms with E-state index >= 15 is 0 Å². The van der Waals surface area contributed by atoms with Gasteiger partial charge in [0.05, 0.1) is 1.37 Å². The van der Waals surface area contributed by atoms with E-state index in [9.17, 15) is 10.2 Å². The fourth-order valence-electron chi connectivity index (χ4n) is 1.68. The topological polar surface area (TPSA) is 40.5 Å². The van der Waals surface area contributed by atoms with Gasteiger partial charge in [-0.2, -0.15) is 18.6 Å². The summed E-state index contributed by atoms with van der Waals surface area (Å²) in [5.41, 5.74) is 2.07. The summed E-state index contributed by atoms with van der Waals surface area (Å²) in [6, 6.07) is 13.9. The molecule has 0 aliphatic rings. The van der Waals surface area contributed by atoms with E-state index in [0.717, 1.165) is 0 Å². The predicted octanol–water partition coefficient (Wildman–Crippen LogP) is 4.85. The van der Waals surface area contributed by atoms with Crippen molar-refractivity contribution >= 4 is 5.57 Å². The van der Waals surface area contributed by atoms with E-state index in [1.807, 2.05) is 33.8 Å². The van der Waals surface area contributed by atoms with Crippen LogP contribution in [0.4, 0.5) is 0 Å². The Hall–Kier alpha value is -1.09. The molecule has 0 bridgehead atoms. The van der Waals surface area contributed by atoms with E-state index in [4.69, 9.17) is 1.37 Å². The average molecular weight is 389 g/mol. The predicted molar refractivity (Wildman–Crippen MR) is 94.5 cm³/mol. The molecule has 1 unspecified atom stereocenters. The largest absolute Gasteiger partial charge is 0.551 e. The van der Waals surface area contributed by atoms with Crippen LogP contribution in [0.25, 0.3) is 5.57 Å². The summed E-state index contributed by atoms with van der Waals surface area (Å²) in [4.78, 5) is 0. The van der Waals surface area contributed by atoms with Gasteiger partial charge in [-0.15, -0.1) is 47.0 Å². The Morgan fingerprint density at radius 1 is 1.04 bits per heavy atom. The molecule has 2 rings (SSSR count). The van der Waals surface area contributed by atoms with Gasteiger partial charge in [0, 0.05) is 45.0 Å². The molecule has 123 valence electrons. The number of hydrogen-bond acceptors (Lipinski definition) is 2. The number of para-hydroxylation sites is 1. The second kappa shape index (κ2) is 14.5. The van der Waals surface area contributed by atoms with Crippen molar-refractivity contribution in [2.24, 2.45) is 0 Å². The molecule has 23 heavy (non-hydrogen) atoms. The zero-order valence-electron chi connectivity index (χ0n) is 15.4. The van der Waals surface area contributed by atoms with Crippen molar-refractivity contribution in [2.75, 3.05) is 6.58 Å². The number of benzene rings is 2. The maximum absolute atomic E-state index is 9.72. The molecule has 1 atom stereocenters. The van der Waals surface area contributed by atoms with Crippen molar-refractivity contribution in [3.63, 3.8) is 0 Å². The first-order valence-corrected chi connectivity index (χ1v) is 7.53. The maximum Gasteiger partial charge on any atom is 0.0596 e. The molecule has 0 aliphatic carbocycles. The third kappa shape index (κ3) is 7.83. The number of aliphatic hydroxyl groups is 1. The van der Waals surface area contributed by atoms with Gasteiger partial charge in [0.1, 0.15) is 0 Å². The summed E-state index contributed by atoms with van der Waals surface area (Å²) < 4.78 is 7.54. The molecule has 2 N–H and O–H groups in total. The molecule has 0 heterocycles. The monoisotopic (exact) mass is 389 g/mol. The number of phenols is 1. The molecule has 1 radical (unpaired) electrons. The summed E-state index contributed by atoms with van der Waals surface area (Å²) in [6.07, 6.45) is 2.89. The number of aliphatic hydroxyl groups excluding tert-OH is 1. The van der Waals surface area contributed by atoms with Gasteiger partial charge in [-0.05, 0) is 0 Å². The summed E-state index contributed by atoms with van der Waals surface area (Å²) in [7, 11) is 0. The molecular formula is C20H26O2Y-2. The molecule has 0 saturated heterocycles. The Morgan fingerprint density at radius 2 is 1.57 bits per heavy atom. The summed E-state index contributed by atoms with van der Waals surface area (Å²) in [5.74, 6) is 0.0576. The van der Waals surface area contributed by atoms with Gasteiger partial charge in [0.2, 0.25) is 0 Å². The van der Waals surface area contributed by atoms with E-state index < -0.39 is 6.58 Å². The molecule has 0 aliphatic heterocycles. The van der Waals surface area contributed by atoms with Crippen LogP contribution in [0.2, 0.25) is 0 Å². The Bertz CT molecular complexity index is 610. The van der Waals surface area contributed by atoms with Crippen molar-refractivity contribution < 1.29 is 44.3 Å². The molecule has 0 aromatic heterocycles. The minimum absolute atomic E-state index is 0. The molecule has 2 aromatic rings. The summed E-state index contributed by atoms with van der Waals surface area (Å²) in [6.45, 7) is 10.4. The minimum Gasteiger partial charge on any atom is -0.551 e. The Labute approximate surface area is 167 Å². The van der Waals surface area contributed by atoms with E-state index in [2.05, 4.69) is 13.0 Å². The van der Waals surface area contributed by atoms with Crippen molar-refractivity contribution in [1.82, 2.24) is 0 Å². The SMILES string of the molecule is CC.CC.[3H]C(O)C(=[C-]c1ccccc1O)c1ccccc1[CH2-].[Y]. The molecule has 2 aromatic carbocycles. The van der Waals surface area contributed by atoms with Crippen molar-refractivity contribution in [3.8, 4) is 5.75 Å².